The van der Waals surface area contributed by atoms with Crippen LogP contribution in [0, 0.1) is 10.1 Å². The van der Waals surface area contributed by atoms with E-state index in [2.05, 4.69) is 0 Å². The van der Waals surface area contributed by atoms with Crippen molar-refractivity contribution in [3.05, 3.63) is 58.6 Å². The molecular formula is C18H18N2O6. The van der Waals surface area contributed by atoms with Gasteiger partial charge in [-0.2, -0.15) is 0 Å². The Hall–Kier alpha value is -3.29. The summed E-state index contributed by atoms with van der Waals surface area (Å²) in [6, 6.07) is 13.1. The van der Waals surface area contributed by atoms with Crippen molar-refractivity contribution in [1.29, 1.82) is 0 Å². The molecule has 1 amide bonds. The van der Waals surface area contributed by atoms with E-state index in [1.807, 2.05) is 24.3 Å². The summed E-state index contributed by atoms with van der Waals surface area (Å²) in [4.78, 5) is 24.0. The van der Waals surface area contributed by atoms with Crippen LogP contribution >= 0.6 is 0 Å². The first-order valence-electron chi connectivity index (χ1n) is 8.02. The van der Waals surface area contributed by atoms with Gasteiger partial charge in [-0.15, -0.1) is 0 Å². The molecule has 26 heavy (non-hydrogen) atoms. The lowest BCUT2D eigenvalue weighted by atomic mass is 10.2. The Balaban J connectivity index is 1.51. The largest absolute Gasteiger partial charge is 0.486 e. The number of amides is 1. The van der Waals surface area contributed by atoms with Crippen molar-refractivity contribution in [3.63, 3.8) is 0 Å². The zero-order valence-electron chi connectivity index (χ0n) is 14.2. The second kappa shape index (κ2) is 7.73. The van der Waals surface area contributed by atoms with Gasteiger partial charge in [-0.25, -0.2) is 0 Å². The molecule has 0 N–H and O–H groups in total. The van der Waals surface area contributed by atoms with Gasteiger partial charge in [0.1, 0.15) is 12.4 Å². The summed E-state index contributed by atoms with van der Waals surface area (Å²) in [6.45, 7) is 0.466. The van der Waals surface area contributed by atoms with Gasteiger partial charge in [0.05, 0.1) is 17.5 Å². The van der Waals surface area contributed by atoms with E-state index >= 15 is 0 Å². The zero-order chi connectivity index (χ0) is 18.5. The molecular weight excluding hydrogens is 340 g/mol. The van der Waals surface area contributed by atoms with E-state index < -0.39 is 4.92 Å². The van der Waals surface area contributed by atoms with Crippen LogP contribution in [0.25, 0.3) is 0 Å². The minimum absolute atomic E-state index is 0.0882. The fourth-order valence-corrected chi connectivity index (χ4v) is 2.50. The van der Waals surface area contributed by atoms with E-state index in [9.17, 15) is 14.9 Å². The number of hydrogen-bond donors (Lipinski definition) is 0. The number of non-ortho nitro benzene ring substituents is 1. The highest BCUT2D eigenvalue weighted by Gasteiger charge is 2.23. The Labute approximate surface area is 150 Å². The van der Waals surface area contributed by atoms with Crippen molar-refractivity contribution >= 4 is 11.6 Å². The number of carbonyl (C=O) groups excluding carboxylic acids is 1. The van der Waals surface area contributed by atoms with E-state index in [4.69, 9.17) is 14.2 Å². The number of benzene rings is 2. The van der Waals surface area contributed by atoms with Gasteiger partial charge in [0.15, 0.2) is 24.2 Å². The molecule has 0 aliphatic carbocycles. The molecule has 3 rings (SSSR count). The number of carbonyl (C=O) groups is 1. The number of likely N-dealkylation sites (N-methyl/N-ethyl adjacent to an activating group) is 1. The number of nitrogens with zero attached hydrogens (tertiary/aromatic N) is 2. The lowest BCUT2D eigenvalue weighted by Crippen LogP contribution is -2.43. The Morgan fingerprint density at radius 1 is 1.27 bits per heavy atom. The molecule has 1 heterocycles. The van der Waals surface area contributed by atoms with Crippen molar-refractivity contribution in [3.8, 4) is 17.2 Å². The lowest BCUT2D eigenvalue weighted by molar-refractivity contribution is -0.384. The van der Waals surface area contributed by atoms with Crippen molar-refractivity contribution in [1.82, 2.24) is 4.90 Å². The first kappa shape index (κ1) is 17.5. The summed E-state index contributed by atoms with van der Waals surface area (Å²) < 4.78 is 16.8. The third-order valence-electron chi connectivity index (χ3n) is 3.86. The molecule has 2 aromatic rings. The average molecular weight is 358 g/mol. The topological polar surface area (TPSA) is 91.1 Å². The third-order valence-corrected chi connectivity index (χ3v) is 3.86. The van der Waals surface area contributed by atoms with Crippen LogP contribution in [-0.2, 0) is 4.79 Å². The summed E-state index contributed by atoms with van der Waals surface area (Å²) in [7, 11) is 1.64. The minimum Gasteiger partial charge on any atom is -0.486 e. The molecule has 2 aromatic carbocycles. The molecule has 0 bridgehead atoms. The molecule has 0 saturated carbocycles. The van der Waals surface area contributed by atoms with Crippen LogP contribution in [-0.4, -0.2) is 48.6 Å². The third kappa shape index (κ3) is 4.21. The van der Waals surface area contributed by atoms with Crippen LogP contribution in [0.3, 0.4) is 0 Å². The summed E-state index contributed by atoms with van der Waals surface area (Å²) >= 11 is 0. The number of rotatable bonds is 6. The van der Waals surface area contributed by atoms with Crippen molar-refractivity contribution in [2.24, 2.45) is 0 Å². The second-order valence-corrected chi connectivity index (χ2v) is 5.82. The zero-order valence-corrected chi connectivity index (χ0v) is 14.2. The SMILES string of the molecule is CN(C[C@H]1COc2ccccc2O1)C(=O)COc1cccc([N+](=O)[O-])c1. The summed E-state index contributed by atoms with van der Waals surface area (Å²) in [5.41, 5.74) is -0.0882. The van der Waals surface area contributed by atoms with Crippen LogP contribution in [0.15, 0.2) is 48.5 Å². The fraction of sp³-hybridized carbons (Fsp3) is 0.278. The first-order valence-corrected chi connectivity index (χ1v) is 8.02. The summed E-state index contributed by atoms with van der Waals surface area (Å²) in [5.74, 6) is 1.34. The van der Waals surface area contributed by atoms with Crippen LogP contribution in [0.1, 0.15) is 0 Å². The van der Waals surface area contributed by atoms with Crippen molar-refractivity contribution in [2.45, 2.75) is 6.10 Å². The van der Waals surface area contributed by atoms with Gasteiger partial charge in [-0.3, -0.25) is 14.9 Å². The second-order valence-electron chi connectivity index (χ2n) is 5.82. The van der Waals surface area contributed by atoms with E-state index in [0.29, 0.717) is 24.7 Å². The molecule has 0 aromatic heterocycles. The van der Waals surface area contributed by atoms with E-state index in [1.165, 1.54) is 23.1 Å². The molecule has 136 valence electrons. The number of ether oxygens (including phenoxy) is 3. The maximum absolute atomic E-state index is 12.2. The Kier molecular flexibility index (Phi) is 5.21. The smallest absolute Gasteiger partial charge is 0.273 e. The number of nitro benzene ring substituents is 1. The standard InChI is InChI=1S/C18H18N2O6/c1-19(10-15-11-25-16-7-2-3-8-17(16)26-15)18(21)12-24-14-6-4-5-13(9-14)20(22)23/h2-9,15H,10-12H2,1H3/t15-/m0/s1. The van der Waals surface area contributed by atoms with E-state index in [0.717, 1.165) is 0 Å². The molecule has 1 atom stereocenters. The van der Waals surface area contributed by atoms with Gasteiger partial charge in [0, 0.05) is 13.1 Å². The van der Waals surface area contributed by atoms with Crippen LogP contribution in [0.2, 0.25) is 0 Å². The normalized spacial score (nSPS) is 15.2. The highest BCUT2D eigenvalue weighted by molar-refractivity contribution is 5.77. The molecule has 8 nitrogen and oxygen atoms in total. The Morgan fingerprint density at radius 2 is 2.04 bits per heavy atom. The molecule has 0 radical (unpaired) electrons. The molecule has 1 aliphatic rings. The molecule has 1 aliphatic heterocycles. The first-order chi connectivity index (χ1) is 12.5. The maximum atomic E-state index is 12.2. The Morgan fingerprint density at radius 3 is 2.81 bits per heavy atom. The van der Waals surface area contributed by atoms with E-state index in [-0.39, 0.29) is 30.1 Å². The highest BCUT2D eigenvalue weighted by atomic mass is 16.6. The fourth-order valence-electron chi connectivity index (χ4n) is 2.50. The van der Waals surface area contributed by atoms with Crippen LogP contribution in [0.5, 0.6) is 17.2 Å². The molecule has 8 heteroatoms. The molecule has 0 saturated heterocycles. The summed E-state index contributed by atoms with van der Waals surface area (Å²) in [5, 5.41) is 10.8. The predicted molar refractivity (Wildman–Crippen MR) is 92.6 cm³/mol. The monoisotopic (exact) mass is 358 g/mol. The molecule has 0 unspecified atom stereocenters. The predicted octanol–water partition coefficient (Wildman–Crippen LogP) is 2.27. The van der Waals surface area contributed by atoms with Crippen LogP contribution in [0.4, 0.5) is 5.69 Å². The van der Waals surface area contributed by atoms with Crippen LogP contribution < -0.4 is 14.2 Å². The van der Waals surface area contributed by atoms with E-state index in [1.54, 1.807) is 13.1 Å². The maximum Gasteiger partial charge on any atom is 0.273 e. The van der Waals surface area contributed by atoms with Gasteiger partial charge in [-0.1, -0.05) is 18.2 Å². The number of nitro groups is 1. The van der Waals surface area contributed by atoms with Gasteiger partial charge in [-0.05, 0) is 18.2 Å². The molecule has 0 spiro atoms. The number of fused-ring (bicyclic) bond motifs is 1. The lowest BCUT2D eigenvalue weighted by Gasteiger charge is -2.29. The van der Waals surface area contributed by atoms with Crippen molar-refractivity contribution < 1.29 is 23.9 Å². The van der Waals surface area contributed by atoms with Gasteiger partial charge < -0.3 is 19.1 Å². The average Bonchev–Trinajstić information content (AvgIpc) is 2.66. The summed E-state index contributed by atoms with van der Waals surface area (Å²) in [6.07, 6.45) is -0.281. The van der Waals surface area contributed by atoms with Gasteiger partial charge >= 0.3 is 0 Å². The molecule has 0 fully saturated rings. The van der Waals surface area contributed by atoms with Gasteiger partial charge in [0.25, 0.3) is 11.6 Å². The Bertz CT molecular complexity index is 810. The minimum atomic E-state index is -0.515. The van der Waals surface area contributed by atoms with Crippen molar-refractivity contribution in [2.75, 3.05) is 26.8 Å². The number of hydrogen-bond acceptors (Lipinski definition) is 6. The highest BCUT2D eigenvalue weighted by Crippen LogP contribution is 2.30. The van der Waals surface area contributed by atoms with Gasteiger partial charge in [0.2, 0.25) is 0 Å². The quantitative estimate of drug-likeness (QED) is 0.581. The number of para-hydroxylation sites is 2.